The predicted octanol–water partition coefficient (Wildman–Crippen LogP) is 2.96. The molecule has 0 saturated carbocycles. The Balaban J connectivity index is 3.30. The second kappa shape index (κ2) is 4.43. The quantitative estimate of drug-likeness (QED) is 0.713. The molecule has 1 aromatic heterocycles. The van der Waals surface area contributed by atoms with Gasteiger partial charge < -0.3 is 0 Å². The molecule has 1 rings (SSSR count). The number of imidazole rings is 1. The number of carbonyl (C=O) groups excluding carboxylic acids is 1. The molecule has 0 atom stereocenters. The molecule has 0 aliphatic rings. The van der Waals surface area contributed by atoms with Crippen LogP contribution in [-0.2, 0) is 0 Å². The molecule has 3 nitrogen and oxygen atoms in total. The van der Waals surface area contributed by atoms with Gasteiger partial charge in [-0.2, -0.15) is 0 Å². The van der Waals surface area contributed by atoms with E-state index in [4.69, 9.17) is 0 Å². The molecule has 0 saturated heterocycles. The van der Waals surface area contributed by atoms with Crippen molar-refractivity contribution in [1.29, 1.82) is 0 Å². The highest BCUT2D eigenvalue weighted by molar-refractivity contribution is 5.89. The Hall–Kier alpha value is -1.38. The highest BCUT2D eigenvalue weighted by atomic mass is 16.1. The van der Waals surface area contributed by atoms with E-state index in [1.54, 1.807) is 10.9 Å². The van der Waals surface area contributed by atoms with Gasteiger partial charge in [-0.1, -0.05) is 34.3 Å². The molecule has 1 heterocycles. The normalized spacial score (nSPS) is 11.1. The summed E-state index contributed by atoms with van der Waals surface area (Å²) in [6.07, 6.45) is 2.91. The van der Waals surface area contributed by atoms with Crippen molar-refractivity contribution in [1.82, 2.24) is 9.55 Å². The van der Waals surface area contributed by atoms with E-state index in [1.165, 1.54) is 6.08 Å². The summed E-state index contributed by atoms with van der Waals surface area (Å²) in [5.74, 6) is 0.508. The SMILES string of the molecule is C=CC(=O)n1cnc(C(C)C)c1C(C)C. The van der Waals surface area contributed by atoms with E-state index >= 15 is 0 Å². The van der Waals surface area contributed by atoms with Crippen LogP contribution < -0.4 is 0 Å². The first-order chi connectivity index (χ1) is 6.99. The van der Waals surface area contributed by atoms with Crippen molar-refractivity contribution in [3.63, 3.8) is 0 Å². The van der Waals surface area contributed by atoms with Gasteiger partial charge in [0.05, 0.1) is 11.4 Å². The maximum atomic E-state index is 11.6. The molecule has 0 N–H and O–H groups in total. The molecule has 0 fully saturated rings. The van der Waals surface area contributed by atoms with E-state index in [2.05, 4.69) is 39.3 Å². The van der Waals surface area contributed by atoms with Crippen molar-refractivity contribution in [2.75, 3.05) is 0 Å². The van der Waals surface area contributed by atoms with Crippen LogP contribution in [0.3, 0.4) is 0 Å². The fourth-order valence-corrected chi connectivity index (χ4v) is 1.66. The van der Waals surface area contributed by atoms with E-state index < -0.39 is 0 Å². The Morgan fingerprint density at radius 2 is 2.00 bits per heavy atom. The minimum absolute atomic E-state index is 0.113. The Morgan fingerprint density at radius 3 is 2.40 bits per heavy atom. The summed E-state index contributed by atoms with van der Waals surface area (Å²) in [5, 5.41) is 0. The number of aromatic nitrogens is 2. The fourth-order valence-electron chi connectivity index (χ4n) is 1.66. The maximum absolute atomic E-state index is 11.6. The Morgan fingerprint density at radius 1 is 1.40 bits per heavy atom. The molecule has 3 heteroatoms. The lowest BCUT2D eigenvalue weighted by atomic mass is 10.0. The molecule has 0 amide bonds. The average molecular weight is 206 g/mol. The van der Waals surface area contributed by atoms with Crippen LogP contribution in [0, 0.1) is 0 Å². The van der Waals surface area contributed by atoms with E-state index in [-0.39, 0.29) is 11.8 Å². The minimum Gasteiger partial charge on any atom is -0.269 e. The smallest absolute Gasteiger partial charge is 0.255 e. The lowest BCUT2D eigenvalue weighted by molar-refractivity contribution is 0.0965. The molecule has 82 valence electrons. The monoisotopic (exact) mass is 206 g/mol. The number of allylic oxidation sites excluding steroid dienone is 1. The predicted molar refractivity (Wildman–Crippen MR) is 61.2 cm³/mol. The summed E-state index contributed by atoms with van der Waals surface area (Å²) >= 11 is 0. The van der Waals surface area contributed by atoms with Gasteiger partial charge in [0.1, 0.15) is 6.33 Å². The standard InChI is InChI=1S/C12H18N2O/c1-6-10(15)14-7-13-11(8(2)3)12(14)9(4)5/h6-9H,1H2,2-5H3. The van der Waals surface area contributed by atoms with Crippen molar-refractivity contribution < 1.29 is 4.79 Å². The summed E-state index contributed by atoms with van der Waals surface area (Å²) in [6, 6.07) is 0. The molecule has 1 aromatic rings. The molecule has 0 spiro atoms. The van der Waals surface area contributed by atoms with Gasteiger partial charge in [-0.05, 0) is 17.9 Å². The van der Waals surface area contributed by atoms with Crippen molar-refractivity contribution in [2.45, 2.75) is 39.5 Å². The average Bonchev–Trinajstić information content (AvgIpc) is 2.60. The van der Waals surface area contributed by atoms with Crippen molar-refractivity contribution in [3.05, 3.63) is 30.4 Å². The van der Waals surface area contributed by atoms with Gasteiger partial charge in [-0.15, -0.1) is 0 Å². The topological polar surface area (TPSA) is 34.9 Å². The van der Waals surface area contributed by atoms with Crippen LogP contribution in [-0.4, -0.2) is 15.5 Å². The first-order valence-electron chi connectivity index (χ1n) is 5.23. The van der Waals surface area contributed by atoms with Crippen LogP contribution in [0.15, 0.2) is 19.0 Å². The maximum Gasteiger partial charge on any atom is 0.255 e. The minimum atomic E-state index is -0.113. The summed E-state index contributed by atoms with van der Waals surface area (Å²) in [5.41, 5.74) is 2.00. The van der Waals surface area contributed by atoms with E-state index in [0.717, 1.165) is 11.4 Å². The molecular formula is C12H18N2O. The van der Waals surface area contributed by atoms with Gasteiger partial charge in [-0.3, -0.25) is 9.36 Å². The van der Waals surface area contributed by atoms with Gasteiger partial charge in [0, 0.05) is 0 Å². The molecule has 0 radical (unpaired) electrons. The largest absolute Gasteiger partial charge is 0.269 e. The zero-order valence-corrected chi connectivity index (χ0v) is 9.82. The Labute approximate surface area is 90.8 Å². The highest BCUT2D eigenvalue weighted by Gasteiger charge is 2.18. The second-order valence-corrected chi connectivity index (χ2v) is 4.24. The molecule has 0 unspecified atom stereocenters. The number of rotatable bonds is 3. The Bertz CT molecular complexity index is 375. The van der Waals surface area contributed by atoms with Crippen LogP contribution in [0.2, 0.25) is 0 Å². The van der Waals surface area contributed by atoms with Gasteiger partial charge >= 0.3 is 0 Å². The number of carbonyl (C=O) groups is 1. The number of nitrogens with zero attached hydrogens (tertiary/aromatic N) is 2. The van der Waals surface area contributed by atoms with Crippen LogP contribution in [0.5, 0.6) is 0 Å². The number of hydrogen-bond donors (Lipinski definition) is 0. The summed E-state index contributed by atoms with van der Waals surface area (Å²) < 4.78 is 1.59. The lowest BCUT2D eigenvalue weighted by Gasteiger charge is -2.12. The third-order valence-electron chi connectivity index (χ3n) is 2.34. The second-order valence-electron chi connectivity index (χ2n) is 4.24. The van der Waals surface area contributed by atoms with Crippen molar-refractivity contribution >= 4 is 5.91 Å². The van der Waals surface area contributed by atoms with Crippen molar-refractivity contribution in [3.8, 4) is 0 Å². The third-order valence-corrected chi connectivity index (χ3v) is 2.34. The molecular weight excluding hydrogens is 188 g/mol. The van der Waals surface area contributed by atoms with Crippen molar-refractivity contribution in [2.24, 2.45) is 0 Å². The van der Waals surface area contributed by atoms with Gasteiger partial charge in [0.25, 0.3) is 5.91 Å². The molecule has 0 bridgehead atoms. The van der Waals surface area contributed by atoms with Gasteiger partial charge in [-0.25, -0.2) is 4.98 Å². The molecule has 0 aromatic carbocycles. The molecule has 0 aliphatic heterocycles. The van der Waals surface area contributed by atoms with Gasteiger partial charge in [0.2, 0.25) is 0 Å². The lowest BCUT2D eigenvalue weighted by Crippen LogP contribution is -2.12. The van der Waals surface area contributed by atoms with Crippen LogP contribution in [0.4, 0.5) is 0 Å². The van der Waals surface area contributed by atoms with E-state index in [0.29, 0.717) is 5.92 Å². The summed E-state index contributed by atoms with van der Waals surface area (Å²) in [6.45, 7) is 11.8. The van der Waals surface area contributed by atoms with Crippen LogP contribution >= 0.6 is 0 Å². The van der Waals surface area contributed by atoms with E-state index in [1.807, 2.05) is 0 Å². The van der Waals surface area contributed by atoms with Crippen LogP contribution in [0.1, 0.15) is 55.7 Å². The fraction of sp³-hybridized carbons (Fsp3) is 0.500. The highest BCUT2D eigenvalue weighted by Crippen LogP contribution is 2.24. The number of hydrogen-bond acceptors (Lipinski definition) is 2. The van der Waals surface area contributed by atoms with E-state index in [9.17, 15) is 4.79 Å². The molecule has 15 heavy (non-hydrogen) atoms. The first-order valence-corrected chi connectivity index (χ1v) is 5.23. The zero-order chi connectivity index (χ0) is 11.6. The summed E-state index contributed by atoms with van der Waals surface area (Å²) in [7, 11) is 0. The Kier molecular flexibility index (Phi) is 3.45. The van der Waals surface area contributed by atoms with Gasteiger partial charge in [0.15, 0.2) is 0 Å². The third kappa shape index (κ3) is 2.17. The van der Waals surface area contributed by atoms with Crippen LogP contribution in [0.25, 0.3) is 0 Å². The zero-order valence-electron chi connectivity index (χ0n) is 9.82. The summed E-state index contributed by atoms with van der Waals surface area (Å²) in [4.78, 5) is 15.9. The molecule has 0 aliphatic carbocycles. The first kappa shape index (κ1) is 11.7.